The Bertz CT molecular complexity index is 1510. The Kier molecular flexibility index (Phi) is 7.91. The Morgan fingerprint density at radius 1 is 1.18 bits per heavy atom. The van der Waals surface area contributed by atoms with Crippen LogP contribution in [0.4, 0.5) is 5.69 Å². The zero-order valence-electron chi connectivity index (χ0n) is 21.9. The van der Waals surface area contributed by atoms with E-state index in [4.69, 9.17) is 15.2 Å². The van der Waals surface area contributed by atoms with Crippen LogP contribution in [0.5, 0.6) is 11.9 Å². The van der Waals surface area contributed by atoms with E-state index in [1.165, 1.54) is 18.8 Å². The molecule has 1 amide bonds. The molecule has 1 aliphatic heterocycles. The Morgan fingerprint density at radius 2 is 1.95 bits per heavy atom. The minimum absolute atomic E-state index is 0. The third-order valence-corrected chi connectivity index (χ3v) is 6.82. The maximum absolute atomic E-state index is 14.0. The molecule has 4 heterocycles. The molecule has 0 fully saturated rings. The molecule has 0 bridgehead atoms. The molecule has 3 aromatic rings. The molecular formula is C27H29N6O4U-. The molecule has 196 valence electrons. The number of rotatable bonds is 6. The van der Waals surface area contributed by atoms with E-state index in [1.807, 2.05) is 18.2 Å². The van der Waals surface area contributed by atoms with E-state index >= 15 is 0 Å². The molecule has 10 nitrogen and oxygen atoms in total. The Balaban J connectivity index is 0.00000336. The summed E-state index contributed by atoms with van der Waals surface area (Å²) in [6.07, 6.45) is 9.90. The topological polar surface area (TPSA) is 118 Å². The van der Waals surface area contributed by atoms with Crippen LogP contribution in [0.15, 0.2) is 53.2 Å². The molecule has 1 aliphatic carbocycles. The largest absolute Gasteiger partial charge is 0.480 e. The van der Waals surface area contributed by atoms with Gasteiger partial charge in [0.15, 0.2) is 5.56 Å². The van der Waals surface area contributed by atoms with E-state index in [2.05, 4.69) is 40.5 Å². The first-order valence-electron chi connectivity index (χ1n) is 12.0. The summed E-state index contributed by atoms with van der Waals surface area (Å²) in [5, 5.41) is 0. The molecule has 0 saturated carbocycles. The number of hydrogen-bond acceptors (Lipinski definition) is 7. The maximum atomic E-state index is 14.0. The van der Waals surface area contributed by atoms with Gasteiger partial charge in [0.05, 0.1) is 42.8 Å². The summed E-state index contributed by atoms with van der Waals surface area (Å²) in [7, 11) is 4.68. The molecule has 0 saturated heterocycles. The van der Waals surface area contributed by atoms with Gasteiger partial charge in [0.25, 0.3) is 0 Å². The molecule has 0 aromatic carbocycles. The smallest absolute Gasteiger partial charge is 0.319 e. The standard InChI is InChI=1S/C27H29N6O4.U/c1-15(2)32-21(20-13-29-27(37-5)30-25(20)36-4)12-19-24(32)23(16-6-8-17(28)9-7-16)33(26(19)35)18-10-11-22(34)31(3)14-18;/h6,8-10,12-16,23H,7,28H2,1-5H3;/q-1;/t16?,23-;/m0./s1. The zero-order chi connectivity index (χ0) is 26.4. The van der Waals surface area contributed by atoms with E-state index in [0.29, 0.717) is 34.8 Å². The van der Waals surface area contributed by atoms with E-state index in [1.54, 1.807) is 30.4 Å². The average molecular weight is 740 g/mol. The summed E-state index contributed by atoms with van der Waals surface area (Å²) in [5.41, 5.74) is 9.95. The molecule has 2 N–H and O–H groups in total. The van der Waals surface area contributed by atoms with E-state index in [-0.39, 0.29) is 66.6 Å². The number of amides is 1. The minimum Gasteiger partial charge on any atom is -0.480 e. The molecule has 38 heavy (non-hydrogen) atoms. The van der Waals surface area contributed by atoms with Crippen molar-refractivity contribution >= 4 is 11.6 Å². The molecule has 5 rings (SSSR count). The van der Waals surface area contributed by atoms with Crippen molar-refractivity contribution in [3.05, 3.63) is 76.1 Å². The first-order chi connectivity index (χ1) is 17.7. The average Bonchev–Trinajstić information content (AvgIpc) is 3.41. The summed E-state index contributed by atoms with van der Waals surface area (Å²) in [6.45, 7) is 4.14. The summed E-state index contributed by atoms with van der Waals surface area (Å²) >= 11 is 0. The predicted molar refractivity (Wildman–Crippen MR) is 139 cm³/mol. The van der Waals surface area contributed by atoms with Crippen LogP contribution in [-0.2, 0) is 7.05 Å². The van der Waals surface area contributed by atoms with Gasteiger partial charge in [-0.3, -0.25) is 9.59 Å². The molecule has 0 spiro atoms. The quantitative estimate of drug-likeness (QED) is 0.387. The van der Waals surface area contributed by atoms with Crippen LogP contribution >= 0.6 is 0 Å². The number of hydrogen-bond donors (Lipinski definition) is 1. The number of pyridine rings is 1. The summed E-state index contributed by atoms with van der Waals surface area (Å²) in [5.74, 6) is 0.160. The third kappa shape index (κ3) is 4.58. The van der Waals surface area contributed by atoms with Crippen molar-refractivity contribution in [2.45, 2.75) is 32.4 Å². The zero-order valence-corrected chi connectivity index (χ0v) is 26.1. The summed E-state index contributed by atoms with van der Waals surface area (Å²) < 4.78 is 14.3. The number of aromatic nitrogens is 4. The fourth-order valence-corrected chi connectivity index (χ4v) is 5.16. The Morgan fingerprint density at radius 3 is 2.55 bits per heavy atom. The van der Waals surface area contributed by atoms with E-state index in [9.17, 15) is 9.59 Å². The Labute approximate surface area is 244 Å². The molecular weight excluding hydrogens is 710 g/mol. The maximum Gasteiger partial charge on any atom is 0.319 e. The molecule has 11 heteroatoms. The van der Waals surface area contributed by atoms with Gasteiger partial charge < -0.3 is 29.2 Å². The van der Waals surface area contributed by atoms with Gasteiger partial charge in [0.2, 0.25) is 11.8 Å². The second-order valence-electron chi connectivity index (χ2n) is 9.41. The number of nitrogens with zero attached hydrogens (tertiary/aromatic N) is 5. The molecule has 2 aliphatic rings. The van der Waals surface area contributed by atoms with Gasteiger partial charge >= 0.3 is 6.01 Å². The molecule has 3 aromatic heterocycles. The van der Waals surface area contributed by atoms with Crippen molar-refractivity contribution in [1.29, 1.82) is 0 Å². The van der Waals surface area contributed by atoms with Crippen LogP contribution in [-0.4, -0.2) is 39.2 Å². The van der Waals surface area contributed by atoms with Crippen molar-refractivity contribution in [1.82, 2.24) is 19.1 Å². The third-order valence-electron chi connectivity index (χ3n) is 6.82. The fourth-order valence-electron chi connectivity index (χ4n) is 5.16. The van der Waals surface area contributed by atoms with E-state index in [0.717, 1.165) is 11.4 Å². The number of fused-ring (bicyclic) bond motifs is 1. The van der Waals surface area contributed by atoms with Gasteiger partial charge in [-0.15, -0.1) is 0 Å². The van der Waals surface area contributed by atoms with Crippen LogP contribution in [0.1, 0.15) is 48.4 Å². The van der Waals surface area contributed by atoms with Gasteiger partial charge in [-0.1, -0.05) is 24.0 Å². The van der Waals surface area contributed by atoms with E-state index < -0.39 is 0 Å². The van der Waals surface area contributed by atoms with Crippen LogP contribution < -0.4 is 25.7 Å². The number of allylic oxidation sites excluding steroid dienone is 2. The fraction of sp³-hybridized carbons (Fsp3) is 0.333. The number of carbonyl (C=O) groups excluding carboxylic acids is 1. The first-order valence-corrected chi connectivity index (χ1v) is 12.0. The number of carbonyl (C=O) groups is 1. The van der Waals surface area contributed by atoms with Crippen molar-refractivity contribution in [3.8, 4) is 23.1 Å². The Hall–Kier alpha value is -3.29. The number of nitrogens with two attached hydrogens (primary N) is 1. The SMILES string of the molecule is COc1ncc(-c2cc3c(n2C(C)C)[C@H](C2C=CC(N)=CC2)N(c2c[c-]c(=O)n(C)c2)C3=O)c(OC)n1.[U]. The van der Waals surface area contributed by atoms with Gasteiger partial charge in [-0.25, -0.2) is 11.1 Å². The second kappa shape index (κ2) is 10.8. The first kappa shape index (κ1) is 27.7. The second-order valence-corrected chi connectivity index (χ2v) is 9.41. The van der Waals surface area contributed by atoms with Crippen molar-refractivity contribution in [2.24, 2.45) is 18.7 Å². The number of anilines is 1. The molecule has 2 atom stereocenters. The number of aryl methyl sites for hydroxylation is 1. The van der Waals surface area contributed by atoms with Crippen molar-refractivity contribution in [3.63, 3.8) is 0 Å². The van der Waals surface area contributed by atoms with Crippen LogP contribution in [0.25, 0.3) is 11.3 Å². The summed E-state index contributed by atoms with van der Waals surface area (Å²) in [6, 6.07) is 6.04. The van der Waals surface area contributed by atoms with Crippen LogP contribution in [0, 0.1) is 43.1 Å². The minimum atomic E-state index is -0.338. The van der Waals surface area contributed by atoms with Crippen molar-refractivity contribution in [2.75, 3.05) is 19.1 Å². The molecule has 1 unspecified atom stereocenters. The number of ether oxygens (including phenoxy) is 2. The monoisotopic (exact) mass is 739 g/mol. The van der Waals surface area contributed by atoms with Crippen molar-refractivity contribution < 1.29 is 45.4 Å². The predicted octanol–water partition coefficient (Wildman–Crippen LogP) is 3.16. The van der Waals surface area contributed by atoms with Gasteiger partial charge in [0, 0.05) is 62.0 Å². The normalized spacial score (nSPS) is 18.3. The van der Waals surface area contributed by atoms with Crippen LogP contribution in [0.2, 0.25) is 0 Å². The van der Waals surface area contributed by atoms with Crippen LogP contribution in [0.3, 0.4) is 0 Å². The number of methoxy groups -OCH3 is 2. The van der Waals surface area contributed by atoms with Gasteiger partial charge in [0.1, 0.15) is 0 Å². The van der Waals surface area contributed by atoms with Gasteiger partial charge in [-0.05, 0) is 32.4 Å². The van der Waals surface area contributed by atoms with Gasteiger partial charge in [-0.2, -0.15) is 11.1 Å². The summed E-state index contributed by atoms with van der Waals surface area (Å²) in [4.78, 5) is 36.5. The molecule has 0 radical (unpaired) electrons.